The molecule has 0 bridgehead atoms. The van der Waals surface area contributed by atoms with Gasteiger partial charge in [-0.15, -0.1) is 0 Å². The molecule has 0 aromatic heterocycles. The standard InChI is InChI=1S/C18H39NO2/c1-2-3-4-5-6-7-8-9-10-11-12-13-14-15-16-17-18(20)21-19/h18,20H,2-17,19H2,1H3. The highest BCUT2D eigenvalue weighted by Gasteiger charge is 2.00. The summed E-state index contributed by atoms with van der Waals surface area (Å²) in [6.45, 7) is 2.28. The van der Waals surface area contributed by atoms with Crippen molar-refractivity contribution in [2.45, 2.75) is 116 Å². The van der Waals surface area contributed by atoms with Gasteiger partial charge in [-0.3, -0.25) is 4.84 Å². The zero-order valence-electron chi connectivity index (χ0n) is 14.3. The van der Waals surface area contributed by atoms with Gasteiger partial charge < -0.3 is 5.11 Å². The summed E-state index contributed by atoms with van der Waals surface area (Å²) in [7, 11) is 0. The normalized spacial score (nSPS) is 12.7. The molecule has 0 aliphatic carbocycles. The highest BCUT2D eigenvalue weighted by molar-refractivity contribution is 4.50. The molecule has 0 fully saturated rings. The number of unbranched alkanes of at least 4 members (excludes halogenated alkanes) is 14. The summed E-state index contributed by atoms with van der Waals surface area (Å²) in [6, 6.07) is 0. The molecule has 128 valence electrons. The van der Waals surface area contributed by atoms with Crippen molar-refractivity contribution in [1.82, 2.24) is 0 Å². The lowest BCUT2D eigenvalue weighted by atomic mass is 10.0. The molecule has 3 N–H and O–H groups in total. The summed E-state index contributed by atoms with van der Waals surface area (Å²) in [5.74, 6) is 4.88. The van der Waals surface area contributed by atoms with Crippen molar-refractivity contribution in [2.75, 3.05) is 0 Å². The van der Waals surface area contributed by atoms with E-state index in [1.807, 2.05) is 0 Å². The van der Waals surface area contributed by atoms with Crippen LogP contribution in [0.5, 0.6) is 0 Å². The molecular formula is C18H39NO2. The molecule has 0 rings (SSSR count). The molecule has 1 atom stereocenters. The van der Waals surface area contributed by atoms with Gasteiger partial charge in [0.1, 0.15) is 0 Å². The Morgan fingerprint density at radius 3 is 1.33 bits per heavy atom. The second kappa shape index (κ2) is 17.9. The van der Waals surface area contributed by atoms with Gasteiger partial charge in [-0.25, -0.2) is 5.90 Å². The lowest BCUT2D eigenvalue weighted by molar-refractivity contribution is -0.106. The Hall–Kier alpha value is -0.120. The van der Waals surface area contributed by atoms with E-state index in [0.29, 0.717) is 6.42 Å². The predicted molar refractivity (Wildman–Crippen MR) is 90.8 cm³/mol. The molecule has 21 heavy (non-hydrogen) atoms. The van der Waals surface area contributed by atoms with Gasteiger partial charge in [-0.1, -0.05) is 96.8 Å². The van der Waals surface area contributed by atoms with Gasteiger partial charge in [-0.2, -0.15) is 0 Å². The minimum absolute atomic E-state index is 0.661. The van der Waals surface area contributed by atoms with Crippen molar-refractivity contribution >= 4 is 0 Å². The molecule has 0 amide bonds. The van der Waals surface area contributed by atoms with Gasteiger partial charge in [0.15, 0.2) is 6.29 Å². The Bertz CT molecular complexity index is 188. The van der Waals surface area contributed by atoms with E-state index in [4.69, 9.17) is 11.0 Å². The molecule has 0 spiro atoms. The molecule has 3 nitrogen and oxygen atoms in total. The van der Waals surface area contributed by atoms with Crippen molar-refractivity contribution in [3.63, 3.8) is 0 Å². The topological polar surface area (TPSA) is 55.5 Å². The number of nitrogens with two attached hydrogens (primary N) is 1. The van der Waals surface area contributed by atoms with Crippen LogP contribution in [-0.2, 0) is 4.84 Å². The summed E-state index contributed by atoms with van der Waals surface area (Å²) in [5.41, 5.74) is 0. The minimum atomic E-state index is -0.771. The largest absolute Gasteiger partial charge is 0.366 e. The smallest absolute Gasteiger partial charge is 0.174 e. The third-order valence-corrected chi connectivity index (χ3v) is 4.21. The molecule has 3 heteroatoms. The number of rotatable bonds is 17. The van der Waals surface area contributed by atoms with Gasteiger partial charge in [0.05, 0.1) is 0 Å². The van der Waals surface area contributed by atoms with Crippen LogP contribution in [0.3, 0.4) is 0 Å². The Balaban J connectivity index is 2.96. The van der Waals surface area contributed by atoms with Gasteiger partial charge >= 0.3 is 0 Å². The molecule has 1 unspecified atom stereocenters. The molecule has 0 aromatic carbocycles. The fourth-order valence-electron chi connectivity index (χ4n) is 2.76. The van der Waals surface area contributed by atoms with Gasteiger partial charge in [0.2, 0.25) is 0 Å². The second-order valence-electron chi connectivity index (χ2n) is 6.33. The van der Waals surface area contributed by atoms with Crippen LogP contribution >= 0.6 is 0 Å². The average molecular weight is 302 g/mol. The summed E-state index contributed by atoms with van der Waals surface area (Å²) < 4.78 is 0. The first-order chi connectivity index (χ1) is 10.3. The summed E-state index contributed by atoms with van der Waals surface area (Å²) in [5, 5.41) is 9.11. The molecular weight excluding hydrogens is 262 g/mol. The van der Waals surface area contributed by atoms with Crippen molar-refractivity contribution < 1.29 is 9.94 Å². The maximum Gasteiger partial charge on any atom is 0.174 e. The maximum absolute atomic E-state index is 9.11. The number of hydrogen-bond donors (Lipinski definition) is 2. The van der Waals surface area contributed by atoms with Crippen molar-refractivity contribution in [1.29, 1.82) is 0 Å². The minimum Gasteiger partial charge on any atom is -0.366 e. The van der Waals surface area contributed by atoms with Crippen LogP contribution in [0.1, 0.15) is 110 Å². The van der Waals surface area contributed by atoms with Crippen LogP contribution in [0.25, 0.3) is 0 Å². The molecule has 0 saturated carbocycles. The quantitative estimate of drug-likeness (QED) is 0.213. The highest BCUT2D eigenvalue weighted by Crippen LogP contribution is 2.13. The lowest BCUT2D eigenvalue weighted by Gasteiger charge is -2.06. The predicted octanol–water partition coefficient (Wildman–Crippen LogP) is 5.46. The van der Waals surface area contributed by atoms with E-state index >= 15 is 0 Å². The van der Waals surface area contributed by atoms with E-state index in [0.717, 1.165) is 6.42 Å². The fourth-order valence-corrected chi connectivity index (χ4v) is 2.76. The highest BCUT2D eigenvalue weighted by atomic mass is 16.7. The third kappa shape index (κ3) is 17.8. The molecule has 0 aromatic rings. The van der Waals surface area contributed by atoms with Crippen molar-refractivity contribution in [3.8, 4) is 0 Å². The number of aliphatic hydroxyl groups is 1. The first-order valence-corrected chi connectivity index (χ1v) is 9.34. The Labute approximate surface area is 132 Å². The van der Waals surface area contributed by atoms with Gasteiger partial charge in [0.25, 0.3) is 0 Å². The number of hydrogen-bond acceptors (Lipinski definition) is 3. The van der Waals surface area contributed by atoms with Crippen LogP contribution in [0, 0.1) is 0 Å². The SMILES string of the molecule is CCCCCCCCCCCCCCCCCC(O)ON. The lowest BCUT2D eigenvalue weighted by Crippen LogP contribution is -2.15. The zero-order chi connectivity index (χ0) is 15.6. The fraction of sp³-hybridized carbons (Fsp3) is 1.00. The first-order valence-electron chi connectivity index (χ1n) is 9.34. The first kappa shape index (κ1) is 20.9. The molecule has 0 aliphatic heterocycles. The van der Waals surface area contributed by atoms with Crippen LogP contribution in [-0.4, -0.2) is 11.4 Å². The summed E-state index contributed by atoms with van der Waals surface area (Å²) >= 11 is 0. The Morgan fingerprint density at radius 1 is 0.667 bits per heavy atom. The summed E-state index contributed by atoms with van der Waals surface area (Å²) in [4.78, 5) is 4.32. The van der Waals surface area contributed by atoms with E-state index in [1.165, 1.54) is 89.9 Å². The molecule has 0 radical (unpaired) electrons. The Kier molecular flexibility index (Phi) is 17.8. The van der Waals surface area contributed by atoms with E-state index in [9.17, 15) is 0 Å². The van der Waals surface area contributed by atoms with E-state index in [2.05, 4.69) is 11.8 Å². The molecule has 0 aliphatic rings. The van der Waals surface area contributed by atoms with Crippen LogP contribution in [0.15, 0.2) is 0 Å². The van der Waals surface area contributed by atoms with Crippen LogP contribution < -0.4 is 5.90 Å². The third-order valence-electron chi connectivity index (χ3n) is 4.21. The zero-order valence-corrected chi connectivity index (χ0v) is 14.3. The van der Waals surface area contributed by atoms with Crippen molar-refractivity contribution in [2.24, 2.45) is 5.90 Å². The molecule has 0 heterocycles. The van der Waals surface area contributed by atoms with Crippen LogP contribution in [0.2, 0.25) is 0 Å². The monoisotopic (exact) mass is 301 g/mol. The Morgan fingerprint density at radius 2 is 1.00 bits per heavy atom. The van der Waals surface area contributed by atoms with Crippen molar-refractivity contribution in [3.05, 3.63) is 0 Å². The van der Waals surface area contributed by atoms with Gasteiger partial charge in [-0.05, 0) is 12.8 Å². The average Bonchev–Trinajstić information content (AvgIpc) is 2.50. The van der Waals surface area contributed by atoms with E-state index in [1.54, 1.807) is 0 Å². The van der Waals surface area contributed by atoms with Crippen LogP contribution in [0.4, 0.5) is 0 Å². The second-order valence-corrected chi connectivity index (χ2v) is 6.33. The number of aliphatic hydroxyl groups excluding tert-OH is 1. The molecule has 0 saturated heterocycles. The van der Waals surface area contributed by atoms with Gasteiger partial charge in [0, 0.05) is 0 Å². The summed E-state index contributed by atoms with van der Waals surface area (Å²) in [6.07, 6.45) is 20.2. The van der Waals surface area contributed by atoms with E-state index in [-0.39, 0.29) is 0 Å². The maximum atomic E-state index is 9.11. The van der Waals surface area contributed by atoms with E-state index < -0.39 is 6.29 Å².